The first-order chi connectivity index (χ1) is 12.1. The monoisotopic (exact) mass is 395 g/mol. The van der Waals surface area contributed by atoms with E-state index < -0.39 is 35.7 Å². The highest BCUT2D eigenvalue weighted by molar-refractivity contribution is 7.80. The Balaban J connectivity index is 2.50. The molecule has 0 N–H and O–H groups in total. The van der Waals surface area contributed by atoms with Crippen LogP contribution in [0.1, 0.15) is 17.5 Å². The van der Waals surface area contributed by atoms with Gasteiger partial charge in [0.15, 0.2) is 11.5 Å². The average molecular weight is 395 g/mol. The number of carbonyl (C=O) groups is 1. The molecule has 1 saturated heterocycles. The summed E-state index contributed by atoms with van der Waals surface area (Å²) in [5.41, 5.74) is -1.12. The molecule has 1 fully saturated rings. The molecule has 0 spiro atoms. The van der Waals surface area contributed by atoms with Crippen molar-refractivity contribution in [2.24, 2.45) is 0 Å². The molecule has 1 unspecified atom stereocenters. The number of benzene rings is 1. The van der Waals surface area contributed by atoms with Crippen molar-refractivity contribution in [1.29, 1.82) is 0 Å². The van der Waals surface area contributed by atoms with Gasteiger partial charge in [0.1, 0.15) is 22.8 Å². The molecule has 144 valence electrons. The summed E-state index contributed by atoms with van der Waals surface area (Å²) in [5.74, 6) is -1.37. The van der Waals surface area contributed by atoms with E-state index in [0.717, 1.165) is 20.3 Å². The molecule has 1 aliphatic heterocycles. The fourth-order valence-electron chi connectivity index (χ4n) is 2.83. The van der Waals surface area contributed by atoms with E-state index in [0.29, 0.717) is 0 Å². The van der Waals surface area contributed by atoms with Crippen LogP contribution >= 0.6 is 12.2 Å². The largest absolute Gasteiger partial charge is 0.493 e. The van der Waals surface area contributed by atoms with Gasteiger partial charge >= 0.3 is 12.1 Å². The van der Waals surface area contributed by atoms with Crippen molar-refractivity contribution in [2.45, 2.75) is 24.8 Å². The molecule has 0 radical (unpaired) electrons. The van der Waals surface area contributed by atoms with Gasteiger partial charge in [0.05, 0.1) is 27.9 Å². The summed E-state index contributed by atoms with van der Waals surface area (Å²) in [5, 5.41) is 0. The van der Waals surface area contributed by atoms with Gasteiger partial charge in [-0.25, -0.2) is 9.18 Å². The zero-order valence-corrected chi connectivity index (χ0v) is 15.0. The molecule has 1 aromatic carbocycles. The number of hydrogen-bond acceptors (Lipinski definition) is 5. The molecule has 5 nitrogen and oxygen atoms in total. The number of hydrogen-bond donors (Lipinski definition) is 0. The van der Waals surface area contributed by atoms with Crippen LogP contribution in [0.3, 0.4) is 0 Å². The van der Waals surface area contributed by atoms with Crippen molar-refractivity contribution < 1.29 is 36.6 Å². The minimum Gasteiger partial charge on any atom is -0.493 e. The van der Waals surface area contributed by atoms with E-state index in [-0.39, 0.29) is 29.3 Å². The lowest BCUT2D eigenvalue weighted by Crippen LogP contribution is -2.40. The molecule has 1 aromatic rings. The zero-order valence-electron chi connectivity index (χ0n) is 14.2. The number of rotatable bonds is 4. The lowest BCUT2D eigenvalue weighted by molar-refractivity contribution is -0.144. The molecular weight excluding hydrogens is 378 g/mol. The number of carbonyl (C=O) groups excluding carboxylic acids is 1. The number of thiocarbonyl (C=S) groups is 1. The van der Waals surface area contributed by atoms with Crippen molar-refractivity contribution in [1.82, 2.24) is 4.90 Å². The van der Waals surface area contributed by atoms with Crippen LogP contribution in [0.25, 0.3) is 0 Å². The van der Waals surface area contributed by atoms with Crippen LogP contribution in [0.4, 0.5) is 17.6 Å². The van der Waals surface area contributed by atoms with Gasteiger partial charge < -0.3 is 19.1 Å². The lowest BCUT2D eigenvalue weighted by Gasteiger charge is -2.26. The Bertz CT molecular complexity index is 710. The first kappa shape index (κ1) is 20.2. The Morgan fingerprint density at radius 1 is 1.23 bits per heavy atom. The molecule has 0 aromatic heterocycles. The quantitative estimate of drug-likeness (QED) is 0.444. The van der Waals surface area contributed by atoms with Crippen LogP contribution in [0.2, 0.25) is 0 Å². The number of halogens is 4. The van der Waals surface area contributed by atoms with Gasteiger partial charge in [-0.15, -0.1) is 0 Å². The van der Waals surface area contributed by atoms with Gasteiger partial charge in [0, 0.05) is 12.0 Å². The van der Waals surface area contributed by atoms with Gasteiger partial charge in [-0.1, -0.05) is 12.2 Å². The number of methoxy groups -OCH3 is 3. The first-order valence-corrected chi connectivity index (χ1v) is 7.90. The van der Waals surface area contributed by atoms with Gasteiger partial charge in [0.2, 0.25) is 0 Å². The summed E-state index contributed by atoms with van der Waals surface area (Å²) in [6, 6.07) is 1.06. The second-order valence-electron chi connectivity index (χ2n) is 5.59. The summed E-state index contributed by atoms with van der Waals surface area (Å²) in [6.07, 6.45) is -6.22. The van der Waals surface area contributed by atoms with Gasteiger partial charge in [0.25, 0.3) is 0 Å². The fourth-order valence-corrected chi connectivity index (χ4v) is 3.15. The van der Waals surface area contributed by atoms with Crippen LogP contribution in [0.15, 0.2) is 12.1 Å². The minimum atomic E-state index is -4.72. The molecule has 2 rings (SSSR count). The predicted octanol–water partition coefficient (Wildman–Crippen LogP) is 2.98. The third-order valence-corrected chi connectivity index (χ3v) is 4.49. The van der Waals surface area contributed by atoms with Gasteiger partial charge in [-0.3, -0.25) is 0 Å². The average Bonchev–Trinajstić information content (AvgIpc) is 2.99. The third kappa shape index (κ3) is 3.84. The topological polar surface area (TPSA) is 48.0 Å². The summed E-state index contributed by atoms with van der Waals surface area (Å²) >= 11 is 5.23. The maximum absolute atomic E-state index is 13.8. The van der Waals surface area contributed by atoms with E-state index >= 15 is 0 Å². The number of alkyl halides is 4. The smallest absolute Gasteiger partial charge is 0.420 e. The van der Waals surface area contributed by atoms with Crippen LogP contribution < -0.4 is 9.47 Å². The highest BCUT2D eigenvalue weighted by atomic mass is 32.1. The molecule has 1 aliphatic rings. The number of likely N-dealkylation sites (tertiary alicyclic amines) is 1. The number of ether oxygens (including phenoxy) is 3. The molecule has 0 amide bonds. The maximum Gasteiger partial charge on any atom is 0.420 e. The Labute approximate surface area is 152 Å². The standard InChI is InChI=1S/C16H17F4NO4S/c1-23-12-5-8(4-10(13(12)24-2)16(18,19)20)14(26)21-7-9(17)6-11(21)15(22)25-3/h4-5,9,11H,6-7H2,1-3H3/t9-,11?/m0/s1. The van der Waals surface area contributed by atoms with Gasteiger partial charge in [-0.05, 0) is 12.1 Å². The Hall–Kier alpha value is -2.10. The molecule has 0 saturated carbocycles. The second kappa shape index (κ2) is 7.65. The van der Waals surface area contributed by atoms with E-state index in [1.54, 1.807) is 0 Å². The molecular formula is C16H17F4NO4S. The number of esters is 1. The summed E-state index contributed by atoms with van der Waals surface area (Å²) < 4.78 is 68.3. The van der Waals surface area contributed by atoms with Crippen molar-refractivity contribution in [3.8, 4) is 11.5 Å². The minimum absolute atomic E-state index is 0.0343. The summed E-state index contributed by atoms with van der Waals surface area (Å²) in [7, 11) is 3.43. The highest BCUT2D eigenvalue weighted by Gasteiger charge is 2.41. The second-order valence-corrected chi connectivity index (χ2v) is 5.97. The van der Waals surface area contributed by atoms with Crippen molar-refractivity contribution in [2.75, 3.05) is 27.9 Å². The SMILES string of the molecule is COC(=O)C1C[C@H](F)CN1C(=S)c1cc(OC)c(OC)c(C(F)(F)F)c1. The Morgan fingerprint density at radius 2 is 1.88 bits per heavy atom. The summed E-state index contributed by atoms with van der Waals surface area (Å²) in [6.45, 7) is -0.214. The number of nitrogens with zero attached hydrogens (tertiary/aromatic N) is 1. The van der Waals surface area contributed by atoms with E-state index in [1.807, 2.05) is 0 Å². The fraction of sp³-hybridized carbons (Fsp3) is 0.500. The normalized spacial score (nSPS) is 20.0. The lowest BCUT2D eigenvalue weighted by atomic mass is 10.1. The molecule has 2 atom stereocenters. The van der Waals surface area contributed by atoms with Crippen molar-refractivity contribution in [3.63, 3.8) is 0 Å². The van der Waals surface area contributed by atoms with E-state index in [4.69, 9.17) is 21.7 Å². The molecule has 26 heavy (non-hydrogen) atoms. The van der Waals surface area contributed by atoms with E-state index in [1.165, 1.54) is 18.1 Å². The van der Waals surface area contributed by atoms with Crippen LogP contribution in [0, 0.1) is 0 Å². The zero-order chi connectivity index (χ0) is 19.6. The van der Waals surface area contributed by atoms with Crippen LogP contribution in [-0.2, 0) is 15.7 Å². The Morgan fingerprint density at radius 3 is 2.38 bits per heavy atom. The van der Waals surface area contributed by atoms with E-state index in [2.05, 4.69) is 4.74 Å². The molecule has 1 heterocycles. The molecule has 0 bridgehead atoms. The maximum atomic E-state index is 13.8. The van der Waals surface area contributed by atoms with Crippen LogP contribution in [0.5, 0.6) is 11.5 Å². The summed E-state index contributed by atoms with van der Waals surface area (Å²) in [4.78, 5) is 13.0. The molecule has 10 heteroatoms. The van der Waals surface area contributed by atoms with Crippen molar-refractivity contribution in [3.05, 3.63) is 23.3 Å². The molecule has 0 aliphatic carbocycles. The van der Waals surface area contributed by atoms with E-state index in [9.17, 15) is 22.4 Å². The Kier molecular flexibility index (Phi) is 5.94. The third-order valence-electron chi connectivity index (χ3n) is 4.02. The highest BCUT2D eigenvalue weighted by Crippen LogP contribution is 2.43. The predicted molar refractivity (Wildman–Crippen MR) is 88.3 cm³/mol. The van der Waals surface area contributed by atoms with Crippen molar-refractivity contribution >= 4 is 23.2 Å². The first-order valence-electron chi connectivity index (χ1n) is 7.50. The van der Waals surface area contributed by atoms with Crippen LogP contribution in [-0.4, -0.2) is 55.9 Å². The van der Waals surface area contributed by atoms with Gasteiger partial charge in [-0.2, -0.15) is 13.2 Å².